The monoisotopic (exact) mass is 218 g/mol. The molecule has 15 heavy (non-hydrogen) atoms. The van der Waals surface area contributed by atoms with Crippen molar-refractivity contribution in [1.29, 1.82) is 0 Å². The van der Waals surface area contributed by atoms with Gasteiger partial charge in [-0.05, 0) is 12.0 Å². The summed E-state index contributed by atoms with van der Waals surface area (Å²) in [5.74, 6) is 0. The summed E-state index contributed by atoms with van der Waals surface area (Å²) in [7, 11) is 0. The van der Waals surface area contributed by atoms with Gasteiger partial charge in [0.2, 0.25) is 0 Å². The maximum absolute atomic E-state index is 5.66. The van der Waals surface area contributed by atoms with Gasteiger partial charge in [0.15, 0.2) is 0 Å². The molecule has 78 valence electrons. The predicted octanol–water partition coefficient (Wildman–Crippen LogP) is 2.83. The van der Waals surface area contributed by atoms with Crippen LogP contribution in [0.5, 0.6) is 0 Å². The third-order valence-electron chi connectivity index (χ3n) is 2.46. The van der Waals surface area contributed by atoms with Crippen molar-refractivity contribution in [2.45, 2.75) is 19.9 Å². The number of thiazole rings is 1. The fraction of sp³-hybridized carbons (Fsp3) is 0.250. The van der Waals surface area contributed by atoms with Gasteiger partial charge in [-0.15, -0.1) is 11.3 Å². The van der Waals surface area contributed by atoms with E-state index < -0.39 is 0 Å². The van der Waals surface area contributed by atoms with Gasteiger partial charge in [-0.1, -0.05) is 31.2 Å². The van der Waals surface area contributed by atoms with E-state index in [9.17, 15) is 0 Å². The van der Waals surface area contributed by atoms with Crippen LogP contribution in [0.1, 0.15) is 17.4 Å². The molecule has 0 radical (unpaired) electrons. The molecule has 0 fully saturated rings. The second kappa shape index (κ2) is 4.55. The first kappa shape index (κ1) is 10.3. The van der Waals surface area contributed by atoms with Crippen LogP contribution in [0.2, 0.25) is 0 Å². The average Bonchev–Trinajstić information content (AvgIpc) is 2.77. The van der Waals surface area contributed by atoms with Gasteiger partial charge in [-0.25, -0.2) is 4.98 Å². The van der Waals surface area contributed by atoms with E-state index >= 15 is 0 Å². The minimum atomic E-state index is 0.565. The van der Waals surface area contributed by atoms with Crippen molar-refractivity contribution in [3.63, 3.8) is 0 Å². The number of nitrogens with zero attached hydrogens (tertiary/aromatic N) is 1. The van der Waals surface area contributed by atoms with Crippen molar-refractivity contribution in [3.05, 3.63) is 40.2 Å². The number of hydrogen-bond acceptors (Lipinski definition) is 3. The summed E-state index contributed by atoms with van der Waals surface area (Å²) in [4.78, 5) is 5.50. The van der Waals surface area contributed by atoms with Crippen molar-refractivity contribution in [3.8, 4) is 11.3 Å². The molecule has 0 aliphatic rings. The van der Waals surface area contributed by atoms with Gasteiger partial charge in [0.1, 0.15) is 0 Å². The molecule has 0 saturated heterocycles. The summed E-state index contributed by atoms with van der Waals surface area (Å²) in [6.07, 6.45) is 1.07. The molecule has 2 rings (SSSR count). The Balaban J connectivity index is 2.37. The first-order valence-electron chi connectivity index (χ1n) is 5.07. The lowest BCUT2D eigenvalue weighted by Gasteiger charge is -2.01. The summed E-state index contributed by atoms with van der Waals surface area (Å²) >= 11 is 1.62. The highest BCUT2D eigenvalue weighted by Gasteiger charge is 2.06. The van der Waals surface area contributed by atoms with E-state index in [4.69, 9.17) is 5.73 Å². The molecule has 0 amide bonds. The zero-order valence-corrected chi connectivity index (χ0v) is 9.55. The molecule has 2 nitrogen and oxygen atoms in total. The van der Waals surface area contributed by atoms with Gasteiger partial charge in [-0.3, -0.25) is 0 Å². The number of aromatic nitrogens is 1. The first-order chi connectivity index (χ1) is 7.35. The van der Waals surface area contributed by atoms with Gasteiger partial charge < -0.3 is 5.73 Å². The quantitative estimate of drug-likeness (QED) is 0.860. The third kappa shape index (κ3) is 2.08. The van der Waals surface area contributed by atoms with Gasteiger partial charge in [0.25, 0.3) is 0 Å². The Kier molecular flexibility index (Phi) is 3.14. The number of aryl methyl sites for hydroxylation is 1. The molecular formula is C12H14N2S. The molecule has 0 atom stereocenters. The van der Waals surface area contributed by atoms with Crippen LogP contribution in [0.3, 0.4) is 0 Å². The first-order valence-corrected chi connectivity index (χ1v) is 5.95. The minimum Gasteiger partial charge on any atom is -0.326 e. The number of hydrogen-bond donors (Lipinski definition) is 1. The van der Waals surface area contributed by atoms with Gasteiger partial charge >= 0.3 is 0 Å². The Hall–Kier alpha value is -1.19. The van der Waals surface area contributed by atoms with Crippen molar-refractivity contribution < 1.29 is 0 Å². The van der Waals surface area contributed by atoms with Gasteiger partial charge in [-0.2, -0.15) is 0 Å². The molecule has 1 aromatic heterocycles. The van der Waals surface area contributed by atoms with Crippen LogP contribution in [0.25, 0.3) is 11.3 Å². The number of nitrogens with two attached hydrogens (primary N) is 1. The molecule has 0 unspecified atom stereocenters. The highest BCUT2D eigenvalue weighted by Crippen LogP contribution is 2.25. The third-order valence-corrected chi connectivity index (χ3v) is 3.32. The molecule has 0 aliphatic heterocycles. The van der Waals surface area contributed by atoms with Gasteiger partial charge in [0.05, 0.1) is 11.2 Å². The highest BCUT2D eigenvalue weighted by molar-refractivity contribution is 7.10. The number of rotatable bonds is 3. The lowest BCUT2D eigenvalue weighted by molar-refractivity contribution is 1.10. The van der Waals surface area contributed by atoms with Crippen molar-refractivity contribution in [2.24, 2.45) is 5.73 Å². The van der Waals surface area contributed by atoms with Crippen LogP contribution in [0, 0.1) is 0 Å². The Morgan fingerprint density at radius 1 is 1.27 bits per heavy atom. The van der Waals surface area contributed by atoms with E-state index in [1.807, 2.05) is 5.51 Å². The minimum absolute atomic E-state index is 0.565. The molecular weight excluding hydrogens is 204 g/mol. The Morgan fingerprint density at radius 2 is 2.00 bits per heavy atom. The van der Waals surface area contributed by atoms with Crippen LogP contribution >= 0.6 is 11.3 Å². The molecule has 0 bridgehead atoms. The Bertz CT molecular complexity index is 431. The maximum atomic E-state index is 5.66. The van der Waals surface area contributed by atoms with Crippen LogP contribution < -0.4 is 5.73 Å². The van der Waals surface area contributed by atoms with Crippen molar-refractivity contribution >= 4 is 11.3 Å². The fourth-order valence-electron chi connectivity index (χ4n) is 1.55. The zero-order valence-electron chi connectivity index (χ0n) is 8.73. The van der Waals surface area contributed by atoms with Crippen LogP contribution in [-0.2, 0) is 13.0 Å². The van der Waals surface area contributed by atoms with Crippen molar-refractivity contribution in [1.82, 2.24) is 4.98 Å². The van der Waals surface area contributed by atoms with E-state index in [0.717, 1.165) is 22.6 Å². The standard InChI is InChI=1S/C12H14N2S/c1-2-9-3-5-10(6-4-9)12-11(7-13)15-8-14-12/h3-6,8H,2,7,13H2,1H3. The van der Waals surface area contributed by atoms with Crippen LogP contribution in [-0.4, -0.2) is 4.98 Å². The molecule has 1 heterocycles. The lowest BCUT2D eigenvalue weighted by Crippen LogP contribution is -1.95. The largest absolute Gasteiger partial charge is 0.326 e. The summed E-state index contributed by atoms with van der Waals surface area (Å²) in [5, 5.41) is 0. The molecule has 3 heteroatoms. The fourth-order valence-corrected chi connectivity index (χ4v) is 2.21. The molecule has 0 aliphatic carbocycles. The van der Waals surface area contributed by atoms with Gasteiger partial charge in [0, 0.05) is 17.0 Å². The summed E-state index contributed by atoms with van der Waals surface area (Å²) < 4.78 is 0. The van der Waals surface area contributed by atoms with E-state index in [2.05, 4.69) is 36.2 Å². The Morgan fingerprint density at radius 3 is 2.60 bits per heavy atom. The molecule has 2 N–H and O–H groups in total. The molecule has 0 saturated carbocycles. The topological polar surface area (TPSA) is 38.9 Å². The zero-order chi connectivity index (χ0) is 10.7. The molecule has 1 aromatic carbocycles. The highest BCUT2D eigenvalue weighted by atomic mass is 32.1. The predicted molar refractivity (Wildman–Crippen MR) is 64.8 cm³/mol. The molecule has 2 aromatic rings. The van der Waals surface area contributed by atoms with Crippen molar-refractivity contribution in [2.75, 3.05) is 0 Å². The summed E-state index contributed by atoms with van der Waals surface area (Å²) in [5.41, 5.74) is 11.1. The van der Waals surface area contributed by atoms with Crippen LogP contribution in [0.4, 0.5) is 0 Å². The smallest absolute Gasteiger partial charge is 0.0856 e. The normalized spacial score (nSPS) is 10.5. The van der Waals surface area contributed by atoms with E-state index in [-0.39, 0.29) is 0 Å². The summed E-state index contributed by atoms with van der Waals surface area (Å²) in [6, 6.07) is 8.53. The maximum Gasteiger partial charge on any atom is 0.0856 e. The lowest BCUT2D eigenvalue weighted by atomic mass is 10.1. The Labute approximate surface area is 93.8 Å². The number of benzene rings is 1. The second-order valence-corrected chi connectivity index (χ2v) is 4.32. The van der Waals surface area contributed by atoms with E-state index in [0.29, 0.717) is 6.54 Å². The SMILES string of the molecule is CCc1ccc(-c2ncsc2CN)cc1. The summed E-state index contributed by atoms with van der Waals surface area (Å²) in [6.45, 7) is 2.72. The van der Waals surface area contributed by atoms with E-state index in [1.165, 1.54) is 5.56 Å². The van der Waals surface area contributed by atoms with Crippen LogP contribution in [0.15, 0.2) is 29.8 Å². The second-order valence-electron chi connectivity index (χ2n) is 3.38. The van der Waals surface area contributed by atoms with E-state index in [1.54, 1.807) is 11.3 Å². The average molecular weight is 218 g/mol. The molecule has 0 spiro atoms.